The van der Waals surface area contributed by atoms with Crippen LogP contribution in [0.3, 0.4) is 0 Å². The van der Waals surface area contributed by atoms with Crippen molar-refractivity contribution in [3.05, 3.63) is 24.3 Å². The van der Waals surface area contributed by atoms with E-state index < -0.39 is 9.84 Å². The van der Waals surface area contributed by atoms with Gasteiger partial charge < -0.3 is 5.32 Å². The minimum atomic E-state index is -3.18. The van der Waals surface area contributed by atoms with Crippen LogP contribution in [0.15, 0.2) is 29.2 Å². The number of alkyl halides is 1. The van der Waals surface area contributed by atoms with Gasteiger partial charge in [-0.15, -0.1) is 11.6 Å². The number of nitrogens with one attached hydrogen (secondary N) is 1. The maximum absolute atomic E-state index is 12.0. The van der Waals surface area contributed by atoms with Crippen LogP contribution in [0.4, 0.5) is 5.69 Å². The number of hydrogen-bond donors (Lipinski definition) is 1. The molecule has 0 aliphatic heterocycles. The molecule has 0 amide bonds. The third kappa shape index (κ3) is 4.18. The Morgan fingerprint density at radius 2 is 2.00 bits per heavy atom. The zero-order chi connectivity index (χ0) is 13.6. The van der Waals surface area contributed by atoms with E-state index in [1.54, 1.807) is 25.1 Å². The van der Waals surface area contributed by atoms with Gasteiger partial charge in [0.15, 0.2) is 9.84 Å². The Morgan fingerprint density at radius 1 is 1.33 bits per heavy atom. The Morgan fingerprint density at radius 3 is 2.61 bits per heavy atom. The molecule has 18 heavy (non-hydrogen) atoms. The van der Waals surface area contributed by atoms with E-state index in [0.29, 0.717) is 16.5 Å². The highest BCUT2D eigenvalue weighted by Crippen LogP contribution is 2.23. The largest absolute Gasteiger partial charge is 0.382 e. The molecule has 0 spiro atoms. The summed E-state index contributed by atoms with van der Waals surface area (Å²) < 4.78 is 23.9. The SMILES string of the molecule is CCS(=O)(=O)c1ccccc1NC(C)CCCCl. The predicted molar refractivity (Wildman–Crippen MR) is 77.2 cm³/mol. The number of anilines is 1. The van der Waals surface area contributed by atoms with Crippen molar-refractivity contribution in [1.82, 2.24) is 0 Å². The van der Waals surface area contributed by atoms with Crippen molar-refractivity contribution in [2.75, 3.05) is 16.9 Å². The van der Waals surface area contributed by atoms with Crippen LogP contribution in [0.5, 0.6) is 0 Å². The summed E-state index contributed by atoms with van der Waals surface area (Å²) in [5.41, 5.74) is 0.682. The summed E-state index contributed by atoms with van der Waals surface area (Å²) in [4.78, 5) is 0.380. The molecule has 0 aliphatic rings. The first-order chi connectivity index (χ1) is 8.51. The van der Waals surface area contributed by atoms with E-state index in [1.807, 2.05) is 13.0 Å². The summed E-state index contributed by atoms with van der Waals surface area (Å²) in [7, 11) is -3.18. The van der Waals surface area contributed by atoms with Crippen molar-refractivity contribution >= 4 is 27.1 Å². The van der Waals surface area contributed by atoms with Crippen molar-refractivity contribution in [3.63, 3.8) is 0 Å². The zero-order valence-corrected chi connectivity index (χ0v) is 12.4. The fraction of sp³-hybridized carbons (Fsp3) is 0.538. The quantitative estimate of drug-likeness (QED) is 0.784. The lowest BCUT2D eigenvalue weighted by atomic mass is 10.2. The van der Waals surface area contributed by atoms with Crippen LogP contribution in [-0.4, -0.2) is 26.1 Å². The number of sulfone groups is 1. The van der Waals surface area contributed by atoms with Gasteiger partial charge in [-0.05, 0) is 31.9 Å². The summed E-state index contributed by atoms with van der Waals surface area (Å²) >= 11 is 5.65. The molecule has 0 bridgehead atoms. The standard InChI is InChI=1S/C13H20ClNO2S/c1-3-18(16,17)13-9-5-4-8-12(13)15-11(2)7-6-10-14/h4-5,8-9,11,15H,3,6-7,10H2,1-2H3. The van der Waals surface area contributed by atoms with Crippen molar-refractivity contribution in [2.24, 2.45) is 0 Å². The molecule has 0 heterocycles. The zero-order valence-electron chi connectivity index (χ0n) is 10.8. The highest BCUT2D eigenvalue weighted by Gasteiger charge is 2.16. The topological polar surface area (TPSA) is 46.2 Å². The first kappa shape index (κ1) is 15.3. The predicted octanol–water partition coefficient (Wildman–Crippen LogP) is 3.30. The van der Waals surface area contributed by atoms with E-state index in [4.69, 9.17) is 11.6 Å². The molecule has 0 saturated heterocycles. The fourth-order valence-corrected chi connectivity index (χ4v) is 2.95. The van der Waals surface area contributed by atoms with E-state index >= 15 is 0 Å². The molecule has 0 radical (unpaired) electrons. The highest BCUT2D eigenvalue weighted by molar-refractivity contribution is 7.91. The molecule has 1 N–H and O–H groups in total. The Balaban J connectivity index is 2.90. The lowest BCUT2D eigenvalue weighted by Crippen LogP contribution is -2.17. The van der Waals surface area contributed by atoms with Gasteiger partial charge in [0.05, 0.1) is 16.3 Å². The van der Waals surface area contributed by atoms with Crippen molar-refractivity contribution in [2.45, 2.75) is 37.6 Å². The first-order valence-electron chi connectivity index (χ1n) is 6.15. The van der Waals surface area contributed by atoms with Gasteiger partial charge in [-0.25, -0.2) is 8.42 Å². The van der Waals surface area contributed by atoms with Gasteiger partial charge in [0.1, 0.15) is 0 Å². The van der Waals surface area contributed by atoms with Crippen LogP contribution in [0, 0.1) is 0 Å². The lowest BCUT2D eigenvalue weighted by Gasteiger charge is -2.17. The van der Waals surface area contributed by atoms with Gasteiger partial charge in [-0.1, -0.05) is 19.1 Å². The van der Waals surface area contributed by atoms with Crippen LogP contribution in [-0.2, 0) is 9.84 Å². The minimum Gasteiger partial charge on any atom is -0.382 e. The van der Waals surface area contributed by atoms with Gasteiger partial charge in [-0.3, -0.25) is 0 Å². The van der Waals surface area contributed by atoms with Crippen LogP contribution in [0.1, 0.15) is 26.7 Å². The average molecular weight is 290 g/mol. The third-order valence-corrected chi connectivity index (χ3v) is 4.83. The number of hydrogen-bond acceptors (Lipinski definition) is 3. The Labute approximate surface area is 114 Å². The molecular formula is C13H20ClNO2S. The Bertz CT molecular complexity index is 474. The monoisotopic (exact) mass is 289 g/mol. The first-order valence-corrected chi connectivity index (χ1v) is 8.34. The van der Waals surface area contributed by atoms with Gasteiger partial charge in [0, 0.05) is 11.9 Å². The second-order valence-electron chi connectivity index (χ2n) is 4.28. The lowest BCUT2D eigenvalue weighted by molar-refractivity contribution is 0.597. The fourth-order valence-electron chi connectivity index (χ4n) is 1.73. The summed E-state index contributed by atoms with van der Waals surface area (Å²) in [6.07, 6.45) is 1.84. The van der Waals surface area contributed by atoms with Crippen molar-refractivity contribution < 1.29 is 8.42 Å². The molecule has 0 fully saturated rings. The molecule has 0 aliphatic carbocycles. The second kappa shape index (κ2) is 7.00. The molecule has 102 valence electrons. The number of rotatable bonds is 7. The molecule has 5 heteroatoms. The molecule has 1 rings (SSSR count). The maximum atomic E-state index is 12.0. The van der Waals surface area contributed by atoms with Gasteiger partial charge in [0.25, 0.3) is 0 Å². The van der Waals surface area contributed by atoms with E-state index in [9.17, 15) is 8.42 Å². The second-order valence-corrected chi connectivity index (χ2v) is 6.90. The summed E-state index contributed by atoms with van der Waals surface area (Å²) in [5, 5.41) is 3.25. The highest BCUT2D eigenvalue weighted by atomic mass is 35.5. The average Bonchev–Trinajstić information content (AvgIpc) is 2.37. The van der Waals surface area contributed by atoms with E-state index in [-0.39, 0.29) is 11.8 Å². The third-order valence-electron chi connectivity index (χ3n) is 2.77. The molecule has 0 aromatic heterocycles. The van der Waals surface area contributed by atoms with E-state index in [0.717, 1.165) is 12.8 Å². The van der Waals surface area contributed by atoms with Crippen LogP contribution in [0.2, 0.25) is 0 Å². The number of halogens is 1. The van der Waals surface area contributed by atoms with Crippen molar-refractivity contribution in [1.29, 1.82) is 0 Å². The molecule has 1 aromatic carbocycles. The molecule has 1 aromatic rings. The molecule has 1 unspecified atom stereocenters. The maximum Gasteiger partial charge on any atom is 0.180 e. The molecular weight excluding hydrogens is 270 g/mol. The Hall–Kier alpha value is -0.740. The summed E-state index contributed by atoms with van der Waals surface area (Å²) in [5.74, 6) is 0.739. The van der Waals surface area contributed by atoms with Crippen molar-refractivity contribution in [3.8, 4) is 0 Å². The number of para-hydroxylation sites is 1. The molecule has 1 atom stereocenters. The van der Waals surface area contributed by atoms with Gasteiger partial charge >= 0.3 is 0 Å². The van der Waals surface area contributed by atoms with E-state index in [2.05, 4.69) is 5.32 Å². The summed E-state index contributed by atoms with van der Waals surface area (Å²) in [6.45, 7) is 3.69. The van der Waals surface area contributed by atoms with E-state index in [1.165, 1.54) is 0 Å². The number of benzene rings is 1. The van der Waals surface area contributed by atoms with Crippen LogP contribution < -0.4 is 5.32 Å². The normalized spacial score (nSPS) is 13.3. The molecule has 0 saturated carbocycles. The van der Waals surface area contributed by atoms with Crippen LogP contribution >= 0.6 is 11.6 Å². The Kier molecular flexibility index (Phi) is 5.96. The van der Waals surface area contributed by atoms with Crippen LogP contribution in [0.25, 0.3) is 0 Å². The van der Waals surface area contributed by atoms with Gasteiger partial charge in [-0.2, -0.15) is 0 Å². The molecule has 3 nitrogen and oxygen atoms in total. The van der Waals surface area contributed by atoms with Gasteiger partial charge in [0.2, 0.25) is 0 Å². The summed E-state index contributed by atoms with van der Waals surface area (Å²) in [6, 6.07) is 7.24. The minimum absolute atomic E-state index is 0.113. The smallest absolute Gasteiger partial charge is 0.180 e.